The van der Waals surface area contributed by atoms with Crippen LogP contribution in [-0.2, 0) is 19.3 Å². The molecule has 0 bridgehead atoms. The van der Waals surface area contributed by atoms with E-state index in [9.17, 15) is 0 Å². The normalized spacial score (nSPS) is 19.1. The molecule has 1 unspecified atom stereocenters. The zero-order valence-corrected chi connectivity index (χ0v) is 11.3. The number of benzene rings is 1. The molecule has 3 rings (SSSR count). The summed E-state index contributed by atoms with van der Waals surface area (Å²) < 4.78 is 0. The van der Waals surface area contributed by atoms with Crippen LogP contribution in [0.1, 0.15) is 30.2 Å². The maximum absolute atomic E-state index is 3.68. The summed E-state index contributed by atoms with van der Waals surface area (Å²) in [5, 5.41) is 4.78. The summed E-state index contributed by atoms with van der Waals surface area (Å²) in [7, 11) is 2.06. The lowest BCUT2D eigenvalue weighted by atomic mass is 9.86. The maximum Gasteiger partial charge on any atom is 0.0491 e. The summed E-state index contributed by atoms with van der Waals surface area (Å²) in [5.41, 5.74) is 5.90. The highest BCUT2D eigenvalue weighted by molar-refractivity contribution is 5.87. The van der Waals surface area contributed by atoms with Crippen LogP contribution < -0.4 is 5.32 Å². The molecule has 0 fully saturated rings. The third-order valence-electron chi connectivity index (χ3n) is 4.29. The summed E-state index contributed by atoms with van der Waals surface area (Å²) in [6.45, 7) is 3.37. The Hall–Kier alpha value is -1.28. The topological polar surface area (TPSA) is 27.8 Å². The summed E-state index contributed by atoms with van der Waals surface area (Å²) in [4.78, 5) is 3.68. The van der Waals surface area contributed by atoms with E-state index in [1.165, 1.54) is 41.4 Å². The number of H-pyrrole nitrogens is 1. The number of aromatic nitrogens is 1. The molecule has 1 aliphatic carbocycles. The minimum Gasteiger partial charge on any atom is -0.358 e. The van der Waals surface area contributed by atoms with Crippen molar-refractivity contribution in [3.8, 4) is 0 Å². The third-order valence-corrected chi connectivity index (χ3v) is 4.29. The summed E-state index contributed by atoms with van der Waals surface area (Å²) in [6.07, 6.45) is 4.85. The highest BCUT2D eigenvalue weighted by Crippen LogP contribution is 2.33. The fourth-order valence-corrected chi connectivity index (χ4v) is 3.33. The molecule has 0 saturated heterocycles. The second-order valence-corrected chi connectivity index (χ2v) is 5.44. The first kappa shape index (κ1) is 11.8. The number of rotatable bonds is 3. The van der Waals surface area contributed by atoms with Crippen molar-refractivity contribution in [1.82, 2.24) is 10.3 Å². The molecular weight excluding hydrogens is 220 g/mol. The van der Waals surface area contributed by atoms with Crippen molar-refractivity contribution in [2.75, 3.05) is 13.6 Å². The van der Waals surface area contributed by atoms with Gasteiger partial charge in [0.1, 0.15) is 0 Å². The number of hydrogen-bond donors (Lipinski definition) is 2. The van der Waals surface area contributed by atoms with E-state index in [4.69, 9.17) is 0 Å². The maximum atomic E-state index is 3.68. The van der Waals surface area contributed by atoms with E-state index in [1.54, 1.807) is 5.56 Å². The first-order valence-corrected chi connectivity index (χ1v) is 7.09. The Kier molecular flexibility index (Phi) is 3.13. The van der Waals surface area contributed by atoms with Crippen LogP contribution in [0.2, 0.25) is 0 Å². The first-order chi connectivity index (χ1) is 8.83. The zero-order chi connectivity index (χ0) is 12.5. The Morgan fingerprint density at radius 2 is 2.28 bits per heavy atom. The monoisotopic (exact) mass is 242 g/mol. The molecule has 1 aromatic carbocycles. The molecule has 0 spiro atoms. The largest absolute Gasteiger partial charge is 0.358 e. The van der Waals surface area contributed by atoms with Gasteiger partial charge in [-0.25, -0.2) is 0 Å². The molecule has 2 N–H and O–H groups in total. The Morgan fingerprint density at radius 1 is 1.39 bits per heavy atom. The Labute approximate surface area is 109 Å². The van der Waals surface area contributed by atoms with Crippen molar-refractivity contribution in [3.05, 3.63) is 35.0 Å². The van der Waals surface area contributed by atoms with Gasteiger partial charge in [0.25, 0.3) is 0 Å². The van der Waals surface area contributed by atoms with Crippen molar-refractivity contribution in [2.45, 2.75) is 32.6 Å². The molecule has 0 radical (unpaired) electrons. The van der Waals surface area contributed by atoms with Crippen molar-refractivity contribution in [1.29, 1.82) is 0 Å². The molecule has 1 atom stereocenters. The van der Waals surface area contributed by atoms with E-state index >= 15 is 0 Å². The van der Waals surface area contributed by atoms with Gasteiger partial charge in [0.2, 0.25) is 0 Å². The van der Waals surface area contributed by atoms with Crippen LogP contribution in [0.5, 0.6) is 0 Å². The SMILES string of the molecule is CCc1cccc2c3c([nH]c12)CCC(CNC)C3. The van der Waals surface area contributed by atoms with Gasteiger partial charge in [-0.05, 0) is 56.3 Å². The molecule has 96 valence electrons. The number of fused-ring (bicyclic) bond motifs is 3. The highest BCUT2D eigenvalue weighted by Gasteiger charge is 2.22. The Bertz CT molecular complexity index is 553. The smallest absolute Gasteiger partial charge is 0.0491 e. The standard InChI is InChI=1S/C16H22N2/c1-3-12-5-4-6-13-14-9-11(10-17-2)7-8-15(14)18-16(12)13/h4-6,11,17-18H,3,7-10H2,1-2H3. The van der Waals surface area contributed by atoms with Gasteiger partial charge in [0, 0.05) is 16.6 Å². The molecule has 2 heteroatoms. The van der Waals surface area contributed by atoms with E-state index in [0.29, 0.717) is 0 Å². The average molecular weight is 242 g/mol. The van der Waals surface area contributed by atoms with Gasteiger partial charge < -0.3 is 10.3 Å². The predicted molar refractivity (Wildman–Crippen MR) is 77.1 cm³/mol. The van der Waals surface area contributed by atoms with Gasteiger partial charge in [-0.2, -0.15) is 0 Å². The number of aromatic amines is 1. The molecule has 2 aromatic rings. The molecule has 2 nitrogen and oxygen atoms in total. The van der Waals surface area contributed by atoms with Crippen LogP contribution in [0.25, 0.3) is 10.9 Å². The molecule has 0 saturated carbocycles. The fraction of sp³-hybridized carbons (Fsp3) is 0.500. The van der Waals surface area contributed by atoms with E-state index in [-0.39, 0.29) is 0 Å². The zero-order valence-electron chi connectivity index (χ0n) is 11.3. The van der Waals surface area contributed by atoms with Crippen LogP contribution in [0, 0.1) is 5.92 Å². The van der Waals surface area contributed by atoms with E-state index in [2.05, 4.69) is 42.5 Å². The minimum atomic E-state index is 0.798. The van der Waals surface area contributed by atoms with Crippen molar-refractivity contribution < 1.29 is 0 Å². The lowest BCUT2D eigenvalue weighted by molar-refractivity contribution is 0.439. The second kappa shape index (κ2) is 4.77. The minimum absolute atomic E-state index is 0.798. The van der Waals surface area contributed by atoms with E-state index in [1.807, 2.05) is 0 Å². The van der Waals surface area contributed by atoms with E-state index in [0.717, 1.165) is 18.9 Å². The molecular formula is C16H22N2. The quantitative estimate of drug-likeness (QED) is 0.850. The lowest BCUT2D eigenvalue weighted by Gasteiger charge is -2.22. The van der Waals surface area contributed by atoms with Crippen LogP contribution >= 0.6 is 0 Å². The number of aryl methyl sites for hydroxylation is 2. The molecule has 18 heavy (non-hydrogen) atoms. The molecule has 0 aliphatic heterocycles. The van der Waals surface area contributed by atoms with Crippen LogP contribution in [0.15, 0.2) is 18.2 Å². The Morgan fingerprint density at radius 3 is 3.06 bits per heavy atom. The van der Waals surface area contributed by atoms with Gasteiger partial charge in [-0.1, -0.05) is 25.1 Å². The summed E-state index contributed by atoms with van der Waals surface area (Å²) >= 11 is 0. The van der Waals surface area contributed by atoms with Gasteiger partial charge >= 0.3 is 0 Å². The third kappa shape index (κ3) is 1.85. The van der Waals surface area contributed by atoms with Gasteiger partial charge in [0.15, 0.2) is 0 Å². The lowest BCUT2D eigenvalue weighted by Crippen LogP contribution is -2.24. The summed E-state index contributed by atoms with van der Waals surface area (Å²) in [6, 6.07) is 6.73. The second-order valence-electron chi connectivity index (χ2n) is 5.44. The molecule has 0 amide bonds. The van der Waals surface area contributed by atoms with Crippen molar-refractivity contribution in [2.24, 2.45) is 5.92 Å². The number of hydrogen-bond acceptors (Lipinski definition) is 1. The average Bonchev–Trinajstić information content (AvgIpc) is 2.77. The Balaban J connectivity index is 2.05. The fourth-order valence-electron chi connectivity index (χ4n) is 3.33. The highest BCUT2D eigenvalue weighted by atomic mass is 14.8. The predicted octanol–water partition coefficient (Wildman–Crippen LogP) is 3.05. The van der Waals surface area contributed by atoms with Crippen LogP contribution in [-0.4, -0.2) is 18.6 Å². The van der Waals surface area contributed by atoms with E-state index < -0.39 is 0 Å². The number of nitrogens with one attached hydrogen (secondary N) is 2. The van der Waals surface area contributed by atoms with Crippen LogP contribution in [0.4, 0.5) is 0 Å². The summed E-state index contributed by atoms with van der Waals surface area (Å²) in [5.74, 6) is 0.798. The van der Waals surface area contributed by atoms with Gasteiger partial charge in [-0.3, -0.25) is 0 Å². The molecule has 1 aliphatic rings. The molecule has 1 aromatic heterocycles. The first-order valence-electron chi connectivity index (χ1n) is 7.09. The van der Waals surface area contributed by atoms with Gasteiger partial charge in [-0.15, -0.1) is 0 Å². The van der Waals surface area contributed by atoms with Crippen LogP contribution in [0.3, 0.4) is 0 Å². The van der Waals surface area contributed by atoms with Crippen molar-refractivity contribution in [3.63, 3.8) is 0 Å². The molecule has 1 heterocycles. The van der Waals surface area contributed by atoms with Gasteiger partial charge in [0.05, 0.1) is 0 Å². The number of para-hydroxylation sites is 1. The van der Waals surface area contributed by atoms with Crippen molar-refractivity contribution >= 4 is 10.9 Å².